The number of fused-ring (bicyclic) bond motifs is 1. The molecule has 1 fully saturated rings. The normalized spacial score (nSPS) is 40.0. The number of rotatable bonds is 1. The quantitative estimate of drug-likeness (QED) is 0.665. The van der Waals surface area contributed by atoms with Gasteiger partial charge in [-0.25, -0.2) is 0 Å². The van der Waals surface area contributed by atoms with E-state index < -0.39 is 0 Å². The highest BCUT2D eigenvalue weighted by atomic mass is 15.0. The fourth-order valence-electron chi connectivity index (χ4n) is 2.66. The number of nitrogens with zero attached hydrogens (tertiary/aromatic N) is 1. The Morgan fingerprint density at radius 3 is 3.00 bits per heavy atom. The summed E-state index contributed by atoms with van der Waals surface area (Å²) in [6, 6.07) is 1.03. The van der Waals surface area contributed by atoms with Crippen molar-refractivity contribution in [2.75, 3.05) is 6.54 Å². The highest BCUT2D eigenvalue weighted by Gasteiger charge is 2.31. The molecule has 3 rings (SSSR count). The van der Waals surface area contributed by atoms with E-state index in [-0.39, 0.29) is 0 Å². The zero-order valence-electron chi connectivity index (χ0n) is 8.32. The van der Waals surface area contributed by atoms with Crippen molar-refractivity contribution in [3.8, 4) is 0 Å². The van der Waals surface area contributed by atoms with Gasteiger partial charge in [0, 0.05) is 17.7 Å². The molecule has 0 spiro atoms. The van der Waals surface area contributed by atoms with Crippen molar-refractivity contribution in [3.63, 3.8) is 0 Å². The fraction of sp³-hybridized carbons (Fsp3) is 0.583. The smallest absolute Gasteiger partial charge is 0.0749 e. The Balaban J connectivity index is 1.77. The van der Waals surface area contributed by atoms with Crippen molar-refractivity contribution in [2.45, 2.75) is 31.3 Å². The minimum atomic E-state index is 0.442. The van der Waals surface area contributed by atoms with E-state index in [1.807, 2.05) is 0 Å². The molecule has 2 heterocycles. The molecule has 0 bridgehead atoms. The molecule has 1 N–H and O–H groups in total. The molecule has 0 aromatic heterocycles. The summed E-state index contributed by atoms with van der Waals surface area (Å²) in [5, 5.41) is 3.53. The van der Waals surface area contributed by atoms with Crippen molar-refractivity contribution in [3.05, 3.63) is 24.3 Å². The SMILES string of the molecule is C1=CC2CC(C3CCCN3)=NC2C=C1. The summed E-state index contributed by atoms with van der Waals surface area (Å²) in [6.07, 6.45) is 12.6. The first kappa shape index (κ1) is 8.42. The van der Waals surface area contributed by atoms with Crippen LogP contribution >= 0.6 is 0 Å². The molecule has 0 aromatic rings. The highest BCUT2D eigenvalue weighted by Crippen LogP contribution is 2.29. The van der Waals surface area contributed by atoms with Crippen LogP contribution in [-0.2, 0) is 0 Å². The maximum Gasteiger partial charge on any atom is 0.0749 e. The topological polar surface area (TPSA) is 24.4 Å². The van der Waals surface area contributed by atoms with Crippen molar-refractivity contribution < 1.29 is 0 Å². The average molecular weight is 188 g/mol. The average Bonchev–Trinajstić information content (AvgIpc) is 2.86. The van der Waals surface area contributed by atoms with E-state index in [9.17, 15) is 0 Å². The predicted octanol–water partition coefficient (Wildman–Crippen LogP) is 1.69. The zero-order valence-corrected chi connectivity index (χ0v) is 8.32. The molecule has 2 heteroatoms. The van der Waals surface area contributed by atoms with Crippen LogP contribution in [0.5, 0.6) is 0 Å². The molecule has 3 atom stereocenters. The van der Waals surface area contributed by atoms with Crippen LogP contribution in [0.4, 0.5) is 0 Å². The number of aliphatic imine (C=N–C) groups is 1. The van der Waals surface area contributed by atoms with Gasteiger partial charge in [-0.3, -0.25) is 4.99 Å². The van der Waals surface area contributed by atoms with Crippen LogP contribution in [-0.4, -0.2) is 24.3 Å². The molecule has 0 saturated carbocycles. The van der Waals surface area contributed by atoms with Crippen LogP contribution in [0, 0.1) is 5.92 Å². The van der Waals surface area contributed by atoms with Crippen LogP contribution < -0.4 is 5.32 Å². The molecule has 1 saturated heterocycles. The summed E-state index contributed by atoms with van der Waals surface area (Å²) in [5.74, 6) is 0.650. The molecule has 0 aromatic carbocycles. The van der Waals surface area contributed by atoms with Gasteiger partial charge < -0.3 is 5.32 Å². The lowest BCUT2D eigenvalue weighted by Gasteiger charge is -2.12. The predicted molar refractivity (Wildman–Crippen MR) is 58.6 cm³/mol. The Morgan fingerprint density at radius 2 is 2.21 bits per heavy atom. The van der Waals surface area contributed by atoms with Gasteiger partial charge >= 0.3 is 0 Å². The van der Waals surface area contributed by atoms with Gasteiger partial charge in [0.25, 0.3) is 0 Å². The van der Waals surface area contributed by atoms with Gasteiger partial charge in [0.2, 0.25) is 0 Å². The minimum absolute atomic E-state index is 0.442. The van der Waals surface area contributed by atoms with Crippen LogP contribution in [0.3, 0.4) is 0 Å². The molecule has 3 aliphatic rings. The van der Waals surface area contributed by atoms with E-state index in [2.05, 4.69) is 29.6 Å². The Hall–Kier alpha value is -0.890. The summed E-state index contributed by atoms with van der Waals surface area (Å²) in [4.78, 5) is 4.81. The monoisotopic (exact) mass is 188 g/mol. The molecule has 0 amide bonds. The molecular formula is C12H16N2. The van der Waals surface area contributed by atoms with Gasteiger partial charge in [-0.15, -0.1) is 0 Å². The van der Waals surface area contributed by atoms with Gasteiger partial charge in [0.05, 0.1) is 6.04 Å². The van der Waals surface area contributed by atoms with Crippen molar-refractivity contribution in [1.82, 2.24) is 5.32 Å². The summed E-state index contributed by atoms with van der Waals surface area (Å²) in [7, 11) is 0. The van der Waals surface area contributed by atoms with Crippen LogP contribution in [0.2, 0.25) is 0 Å². The maximum absolute atomic E-state index is 4.81. The lowest BCUT2D eigenvalue weighted by Crippen LogP contribution is -2.29. The van der Waals surface area contributed by atoms with E-state index in [0.717, 1.165) is 0 Å². The van der Waals surface area contributed by atoms with E-state index in [1.54, 1.807) is 0 Å². The van der Waals surface area contributed by atoms with Gasteiger partial charge in [0.1, 0.15) is 0 Å². The molecule has 14 heavy (non-hydrogen) atoms. The second-order valence-corrected chi connectivity index (χ2v) is 4.40. The molecule has 0 radical (unpaired) electrons. The largest absolute Gasteiger partial charge is 0.309 e. The maximum atomic E-state index is 4.81. The van der Waals surface area contributed by atoms with Crippen LogP contribution in [0.15, 0.2) is 29.3 Å². The second-order valence-electron chi connectivity index (χ2n) is 4.40. The van der Waals surface area contributed by atoms with Gasteiger partial charge in [-0.2, -0.15) is 0 Å². The van der Waals surface area contributed by atoms with E-state index >= 15 is 0 Å². The molecular weight excluding hydrogens is 172 g/mol. The molecule has 3 unspecified atom stereocenters. The zero-order chi connectivity index (χ0) is 9.38. The molecule has 74 valence electrons. The lowest BCUT2D eigenvalue weighted by molar-refractivity contribution is 0.633. The standard InChI is InChI=1S/C12H16N2/c1-2-5-10-9(4-1)8-12(14-10)11-6-3-7-13-11/h1-2,4-5,9-11,13H,3,6-8H2. The first-order valence-corrected chi connectivity index (χ1v) is 5.58. The third-order valence-electron chi connectivity index (χ3n) is 3.44. The molecule has 1 aliphatic carbocycles. The fourth-order valence-corrected chi connectivity index (χ4v) is 2.66. The van der Waals surface area contributed by atoms with Crippen molar-refractivity contribution in [1.29, 1.82) is 0 Å². The van der Waals surface area contributed by atoms with Gasteiger partial charge in [-0.1, -0.05) is 24.3 Å². The minimum Gasteiger partial charge on any atom is -0.309 e. The Kier molecular flexibility index (Phi) is 2.02. The number of hydrogen-bond donors (Lipinski definition) is 1. The Bertz CT molecular complexity index is 308. The first-order valence-electron chi connectivity index (χ1n) is 5.58. The van der Waals surface area contributed by atoms with Crippen LogP contribution in [0.25, 0.3) is 0 Å². The highest BCUT2D eigenvalue weighted by molar-refractivity contribution is 5.92. The number of allylic oxidation sites excluding steroid dienone is 2. The van der Waals surface area contributed by atoms with E-state index in [4.69, 9.17) is 4.99 Å². The first-order chi connectivity index (χ1) is 6.93. The lowest BCUT2D eigenvalue weighted by atomic mass is 9.93. The third-order valence-corrected chi connectivity index (χ3v) is 3.44. The molecule has 2 nitrogen and oxygen atoms in total. The third kappa shape index (κ3) is 1.34. The van der Waals surface area contributed by atoms with Crippen molar-refractivity contribution >= 4 is 5.71 Å². The summed E-state index contributed by atoms with van der Waals surface area (Å²) >= 11 is 0. The number of nitrogens with one attached hydrogen (secondary N) is 1. The summed E-state index contributed by atoms with van der Waals surface area (Å²) in [5.41, 5.74) is 1.41. The van der Waals surface area contributed by atoms with E-state index in [1.165, 1.54) is 31.5 Å². The van der Waals surface area contributed by atoms with Gasteiger partial charge in [0.15, 0.2) is 0 Å². The van der Waals surface area contributed by atoms with E-state index in [0.29, 0.717) is 18.0 Å². The number of hydrogen-bond acceptors (Lipinski definition) is 2. The Labute approximate surface area is 84.8 Å². The Morgan fingerprint density at radius 1 is 1.29 bits per heavy atom. The second kappa shape index (κ2) is 3.35. The summed E-state index contributed by atoms with van der Waals surface area (Å²) < 4.78 is 0. The summed E-state index contributed by atoms with van der Waals surface area (Å²) in [6.45, 7) is 1.17. The van der Waals surface area contributed by atoms with Crippen LogP contribution in [0.1, 0.15) is 19.3 Å². The molecule has 2 aliphatic heterocycles. The van der Waals surface area contributed by atoms with Crippen molar-refractivity contribution in [2.24, 2.45) is 10.9 Å². The van der Waals surface area contributed by atoms with Gasteiger partial charge in [-0.05, 0) is 25.8 Å².